The molecule has 0 aliphatic carbocycles. The van der Waals surface area contributed by atoms with Gasteiger partial charge in [-0.25, -0.2) is 4.68 Å². The van der Waals surface area contributed by atoms with Crippen LogP contribution >= 0.6 is 0 Å². The predicted octanol–water partition coefficient (Wildman–Crippen LogP) is 1.06. The van der Waals surface area contributed by atoms with Crippen molar-refractivity contribution in [3.05, 3.63) is 35.5 Å². The third kappa shape index (κ3) is 3.21. The van der Waals surface area contributed by atoms with Gasteiger partial charge in [0.25, 0.3) is 0 Å². The molecule has 1 aliphatic heterocycles. The quantitative estimate of drug-likeness (QED) is 0.837. The molecular weight excluding hydrogens is 279 g/mol. The molecule has 116 valence electrons. The average molecular weight is 300 g/mol. The number of ether oxygens (including phenoxy) is 1. The first kappa shape index (κ1) is 15.2. The van der Waals surface area contributed by atoms with Gasteiger partial charge in [0.15, 0.2) is 0 Å². The molecule has 0 amide bonds. The van der Waals surface area contributed by atoms with Crippen molar-refractivity contribution >= 4 is 7.05 Å². The maximum atomic E-state index is 9.76. The normalized spacial score (nSPS) is 14.9. The largest absolute Gasteiger partial charge is 0.437 e. The summed E-state index contributed by atoms with van der Waals surface area (Å²) in [6, 6.07) is 6.42. The van der Waals surface area contributed by atoms with Crippen LogP contribution in [-0.4, -0.2) is 52.1 Å². The molecule has 1 aliphatic rings. The summed E-state index contributed by atoms with van der Waals surface area (Å²) in [6.07, 6.45) is 2.91. The SMILES string of the molecule is COCCn1cc(-c2ccc3c(c2)CN(B(C)O)CC3)nn1. The molecule has 1 aromatic heterocycles. The molecule has 0 atom stereocenters. The van der Waals surface area contributed by atoms with Crippen molar-refractivity contribution < 1.29 is 9.76 Å². The maximum Gasteiger partial charge on any atom is 0.376 e. The molecule has 7 heteroatoms. The summed E-state index contributed by atoms with van der Waals surface area (Å²) >= 11 is 0. The maximum absolute atomic E-state index is 9.76. The van der Waals surface area contributed by atoms with E-state index >= 15 is 0 Å². The van der Waals surface area contributed by atoms with Crippen LogP contribution in [0.25, 0.3) is 11.3 Å². The van der Waals surface area contributed by atoms with Crippen LogP contribution < -0.4 is 0 Å². The van der Waals surface area contributed by atoms with Crippen LogP contribution in [0.4, 0.5) is 0 Å². The number of hydrogen-bond donors (Lipinski definition) is 1. The van der Waals surface area contributed by atoms with Crippen molar-refractivity contribution in [1.82, 2.24) is 19.8 Å². The predicted molar refractivity (Wildman–Crippen MR) is 85.3 cm³/mol. The van der Waals surface area contributed by atoms with Gasteiger partial charge in [-0.2, -0.15) is 0 Å². The molecule has 2 heterocycles. The zero-order valence-corrected chi connectivity index (χ0v) is 13.1. The Bertz CT molecular complexity index is 644. The lowest BCUT2D eigenvalue weighted by atomic mass is 9.81. The van der Waals surface area contributed by atoms with Gasteiger partial charge in [0.2, 0.25) is 0 Å². The van der Waals surface area contributed by atoms with E-state index < -0.39 is 7.05 Å². The van der Waals surface area contributed by atoms with Gasteiger partial charge in [-0.1, -0.05) is 17.3 Å². The fraction of sp³-hybridized carbons (Fsp3) is 0.467. The Hall–Kier alpha value is -1.70. The molecule has 0 saturated heterocycles. The van der Waals surface area contributed by atoms with Crippen LogP contribution in [0.1, 0.15) is 11.1 Å². The molecule has 0 bridgehead atoms. The molecule has 1 aromatic carbocycles. The molecule has 22 heavy (non-hydrogen) atoms. The van der Waals surface area contributed by atoms with Gasteiger partial charge >= 0.3 is 7.05 Å². The van der Waals surface area contributed by atoms with Crippen LogP contribution in [0, 0.1) is 0 Å². The number of fused-ring (bicyclic) bond motifs is 1. The first-order valence-electron chi connectivity index (χ1n) is 7.60. The highest BCUT2D eigenvalue weighted by molar-refractivity contribution is 6.45. The molecule has 0 fully saturated rings. The molecule has 0 saturated carbocycles. The first-order chi connectivity index (χ1) is 10.7. The average Bonchev–Trinajstić information content (AvgIpc) is 3.00. The van der Waals surface area contributed by atoms with Crippen molar-refractivity contribution in [2.75, 3.05) is 20.3 Å². The Morgan fingerprint density at radius 2 is 2.23 bits per heavy atom. The second-order valence-corrected chi connectivity index (χ2v) is 5.70. The fourth-order valence-corrected chi connectivity index (χ4v) is 2.78. The van der Waals surface area contributed by atoms with Gasteiger partial charge in [0.05, 0.1) is 19.3 Å². The van der Waals surface area contributed by atoms with Gasteiger partial charge in [-0.15, -0.1) is 5.10 Å². The van der Waals surface area contributed by atoms with Crippen molar-refractivity contribution in [2.45, 2.75) is 26.3 Å². The summed E-state index contributed by atoms with van der Waals surface area (Å²) in [5.41, 5.74) is 4.55. The summed E-state index contributed by atoms with van der Waals surface area (Å²) in [7, 11) is 1.27. The summed E-state index contributed by atoms with van der Waals surface area (Å²) in [5, 5.41) is 18.1. The molecule has 0 radical (unpaired) electrons. The minimum Gasteiger partial charge on any atom is -0.437 e. The highest BCUT2D eigenvalue weighted by Crippen LogP contribution is 2.25. The smallest absolute Gasteiger partial charge is 0.376 e. The number of nitrogens with zero attached hydrogens (tertiary/aromatic N) is 4. The van der Waals surface area contributed by atoms with Gasteiger partial charge in [0.1, 0.15) is 5.69 Å². The van der Waals surface area contributed by atoms with E-state index in [2.05, 4.69) is 33.3 Å². The van der Waals surface area contributed by atoms with Crippen LogP contribution in [0.15, 0.2) is 24.4 Å². The van der Waals surface area contributed by atoms with Gasteiger partial charge in [0, 0.05) is 19.2 Å². The number of rotatable bonds is 5. The Morgan fingerprint density at radius 1 is 1.36 bits per heavy atom. The van der Waals surface area contributed by atoms with Crippen molar-refractivity contribution in [3.63, 3.8) is 0 Å². The zero-order chi connectivity index (χ0) is 15.5. The summed E-state index contributed by atoms with van der Waals surface area (Å²) in [4.78, 5) is 2.07. The van der Waals surface area contributed by atoms with Crippen LogP contribution in [-0.2, 0) is 24.2 Å². The third-order valence-electron chi connectivity index (χ3n) is 4.14. The van der Waals surface area contributed by atoms with Crippen molar-refractivity contribution in [1.29, 1.82) is 0 Å². The zero-order valence-electron chi connectivity index (χ0n) is 13.1. The second-order valence-electron chi connectivity index (χ2n) is 5.70. The summed E-state index contributed by atoms with van der Waals surface area (Å²) in [5.74, 6) is 0. The molecule has 6 nitrogen and oxygen atoms in total. The highest BCUT2D eigenvalue weighted by atomic mass is 16.5. The van der Waals surface area contributed by atoms with Crippen LogP contribution in [0.5, 0.6) is 0 Å². The molecule has 3 rings (SSSR count). The van der Waals surface area contributed by atoms with E-state index in [0.717, 1.165) is 30.8 Å². The second kappa shape index (κ2) is 6.60. The number of aromatic nitrogens is 3. The Morgan fingerprint density at radius 3 is 3.00 bits per heavy atom. The summed E-state index contributed by atoms with van der Waals surface area (Å²) in [6.45, 7) is 4.81. The molecule has 2 aromatic rings. The van der Waals surface area contributed by atoms with E-state index in [1.54, 1.807) is 11.8 Å². The monoisotopic (exact) mass is 300 g/mol. The molecule has 0 spiro atoms. The van der Waals surface area contributed by atoms with Crippen molar-refractivity contribution in [3.8, 4) is 11.3 Å². The Balaban J connectivity index is 1.81. The van der Waals surface area contributed by atoms with E-state index in [1.807, 2.05) is 13.0 Å². The van der Waals surface area contributed by atoms with E-state index in [0.29, 0.717) is 13.2 Å². The number of methoxy groups -OCH3 is 1. The van der Waals surface area contributed by atoms with E-state index in [9.17, 15) is 5.02 Å². The minimum absolute atomic E-state index is 0.410. The van der Waals surface area contributed by atoms with Gasteiger partial charge < -0.3 is 14.6 Å². The van der Waals surface area contributed by atoms with E-state index in [-0.39, 0.29) is 0 Å². The summed E-state index contributed by atoms with van der Waals surface area (Å²) < 4.78 is 6.84. The lowest BCUT2D eigenvalue weighted by Crippen LogP contribution is -2.40. The van der Waals surface area contributed by atoms with Gasteiger partial charge in [-0.05, 0) is 37.0 Å². The topological polar surface area (TPSA) is 63.4 Å². The highest BCUT2D eigenvalue weighted by Gasteiger charge is 2.22. The van der Waals surface area contributed by atoms with Crippen LogP contribution in [0.2, 0.25) is 6.82 Å². The van der Waals surface area contributed by atoms with E-state index in [1.165, 1.54) is 11.1 Å². The van der Waals surface area contributed by atoms with Gasteiger partial charge in [-0.3, -0.25) is 0 Å². The standard InChI is InChI=1S/C15H21BN4O2/c1-16(21)19-6-5-12-3-4-13(9-14(12)10-19)15-11-20(18-17-15)7-8-22-2/h3-4,9,11,21H,5-8,10H2,1-2H3. The Kier molecular flexibility index (Phi) is 4.56. The van der Waals surface area contributed by atoms with E-state index in [4.69, 9.17) is 4.74 Å². The fourth-order valence-electron chi connectivity index (χ4n) is 2.78. The Labute approximate surface area is 130 Å². The third-order valence-corrected chi connectivity index (χ3v) is 4.14. The lowest BCUT2D eigenvalue weighted by Gasteiger charge is -2.29. The van der Waals surface area contributed by atoms with Crippen LogP contribution in [0.3, 0.4) is 0 Å². The molecule has 1 N–H and O–H groups in total. The van der Waals surface area contributed by atoms with Crippen molar-refractivity contribution in [2.24, 2.45) is 0 Å². The molecular formula is C15H21BN4O2. The molecule has 0 unspecified atom stereocenters. The number of benzene rings is 1. The lowest BCUT2D eigenvalue weighted by molar-refractivity contribution is 0.183. The number of hydrogen-bond acceptors (Lipinski definition) is 5. The minimum atomic E-state index is -0.410. The first-order valence-corrected chi connectivity index (χ1v) is 7.60.